The number of benzene rings is 4. The van der Waals surface area contributed by atoms with Crippen LogP contribution in [0.15, 0.2) is 60.7 Å². The van der Waals surface area contributed by atoms with Crippen molar-refractivity contribution in [3.63, 3.8) is 0 Å². The molecular formula is C28H28Cl2. The van der Waals surface area contributed by atoms with E-state index in [1.807, 2.05) is 0 Å². The predicted molar refractivity (Wildman–Crippen MR) is 134 cm³/mol. The van der Waals surface area contributed by atoms with Gasteiger partial charge in [0.1, 0.15) is 0 Å². The van der Waals surface area contributed by atoms with Gasteiger partial charge in [0.25, 0.3) is 0 Å². The van der Waals surface area contributed by atoms with E-state index in [1.54, 1.807) is 0 Å². The first-order valence-corrected chi connectivity index (χ1v) is 11.8. The molecule has 0 aromatic heterocycles. The van der Waals surface area contributed by atoms with Crippen LogP contribution in [0.1, 0.15) is 50.7 Å². The second kappa shape index (κ2) is 9.41. The van der Waals surface area contributed by atoms with E-state index in [9.17, 15) is 0 Å². The molecule has 30 heavy (non-hydrogen) atoms. The molecule has 0 saturated heterocycles. The van der Waals surface area contributed by atoms with Gasteiger partial charge in [0, 0.05) is 21.9 Å². The Balaban J connectivity index is 2.07. The van der Waals surface area contributed by atoms with Crippen LogP contribution in [0.25, 0.3) is 32.7 Å². The highest BCUT2D eigenvalue weighted by atomic mass is 35.5. The lowest BCUT2D eigenvalue weighted by Crippen LogP contribution is -1.99. The summed E-state index contributed by atoms with van der Waals surface area (Å²) in [4.78, 5) is 0. The van der Waals surface area contributed by atoms with Crippen molar-refractivity contribution in [2.75, 3.05) is 0 Å². The van der Waals surface area contributed by atoms with E-state index in [4.69, 9.17) is 23.2 Å². The fraction of sp³-hybridized carbons (Fsp3) is 0.286. The smallest absolute Gasteiger partial charge is 0.0566 e. The molecule has 0 amide bonds. The third kappa shape index (κ3) is 3.96. The summed E-state index contributed by atoms with van der Waals surface area (Å²) in [5, 5.41) is 6.25. The standard InChI is InChI=1S/C28H28Cl2/c1-3-5-11-21-17-19-13-7-9-15-23(19)27(29)25(21)26-22(12-6-4-2)18-20-14-8-10-16-24(20)28(26)30/h7-10,13-18H,3-6,11-12H2,1-2H3. The van der Waals surface area contributed by atoms with Gasteiger partial charge in [-0.25, -0.2) is 0 Å². The summed E-state index contributed by atoms with van der Waals surface area (Å²) in [6.45, 7) is 4.47. The van der Waals surface area contributed by atoms with Gasteiger partial charge in [-0.3, -0.25) is 0 Å². The van der Waals surface area contributed by atoms with Crippen LogP contribution in [0.5, 0.6) is 0 Å². The highest BCUT2D eigenvalue weighted by Gasteiger charge is 2.21. The Labute approximate surface area is 189 Å². The van der Waals surface area contributed by atoms with Crippen LogP contribution >= 0.6 is 23.2 Å². The predicted octanol–water partition coefficient (Wildman–Crippen LogP) is 9.65. The lowest BCUT2D eigenvalue weighted by Gasteiger charge is -2.20. The minimum Gasteiger partial charge on any atom is -0.0830 e. The average molecular weight is 435 g/mol. The van der Waals surface area contributed by atoms with Gasteiger partial charge in [-0.2, -0.15) is 0 Å². The molecule has 0 unspecified atom stereocenters. The van der Waals surface area contributed by atoms with Gasteiger partial charge in [0.15, 0.2) is 0 Å². The minimum atomic E-state index is 0.828. The molecule has 0 fully saturated rings. The van der Waals surface area contributed by atoms with E-state index < -0.39 is 0 Å². The van der Waals surface area contributed by atoms with Crippen LogP contribution in [0.2, 0.25) is 10.0 Å². The number of hydrogen-bond donors (Lipinski definition) is 0. The Bertz CT molecular complexity index is 1100. The highest BCUT2D eigenvalue weighted by Crippen LogP contribution is 2.45. The number of rotatable bonds is 7. The zero-order valence-corrected chi connectivity index (χ0v) is 19.3. The SMILES string of the molecule is CCCCc1cc2ccccc2c(Cl)c1-c1c(CCCC)cc2ccccc2c1Cl. The molecule has 0 aliphatic rings. The summed E-state index contributed by atoms with van der Waals surface area (Å²) >= 11 is 14.3. The van der Waals surface area contributed by atoms with E-state index in [2.05, 4.69) is 74.5 Å². The van der Waals surface area contributed by atoms with Gasteiger partial charge in [-0.1, -0.05) is 111 Å². The minimum absolute atomic E-state index is 0.828. The lowest BCUT2D eigenvalue weighted by molar-refractivity contribution is 0.792. The molecule has 0 N–H and O–H groups in total. The second-order valence-electron chi connectivity index (χ2n) is 8.10. The first-order chi connectivity index (χ1) is 14.7. The summed E-state index contributed by atoms with van der Waals surface area (Å²) in [7, 11) is 0. The van der Waals surface area contributed by atoms with Gasteiger partial charge in [0.05, 0.1) is 10.0 Å². The van der Waals surface area contributed by atoms with Crippen molar-refractivity contribution in [2.24, 2.45) is 0 Å². The third-order valence-electron chi connectivity index (χ3n) is 5.98. The molecule has 0 spiro atoms. The van der Waals surface area contributed by atoms with E-state index in [0.29, 0.717) is 0 Å². The second-order valence-corrected chi connectivity index (χ2v) is 8.85. The molecule has 0 aliphatic heterocycles. The molecule has 4 aromatic rings. The first-order valence-electron chi connectivity index (χ1n) is 11.1. The molecule has 0 bridgehead atoms. The summed E-state index contributed by atoms with van der Waals surface area (Å²) < 4.78 is 0. The van der Waals surface area contributed by atoms with Gasteiger partial charge >= 0.3 is 0 Å². The molecule has 0 heterocycles. The average Bonchev–Trinajstić information content (AvgIpc) is 2.77. The molecule has 2 heteroatoms. The normalized spacial score (nSPS) is 11.5. The molecule has 0 saturated carbocycles. The Morgan fingerprint density at radius 3 is 1.40 bits per heavy atom. The van der Waals surface area contributed by atoms with Gasteiger partial charge in [-0.05, 0) is 47.6 Å². The van der Waals surface area contributed by atoms with Crippen molar-refractivity contribution < 1.29 is 0 Å². The van der Waals surface area contributed by atoms with E-state index in [0.717, 1.165) is 70.5 Å². The molecule has 4 aromatic carbocycles. The molecule has 0 radical (unpaired) electrons. The summed E-state index contributed by atoms with van der Waals surface area (Å²) in [5.41, 5.74) is 4.86. The number of hydrogen-bond acceptors (Lipinski definition) is 0. The molecular weight excluding hydrogens is 407 g/mol. The Morgan fingerprint density at radius 1 is 0.600 bits per heavy atom. The van der Waals surface area contributed by atoms with Crippen molar-refractivity contribution in [3.8, 4) is 11.1 Å². The van der Waals surface area contributed by atoms with Gasteiger partial charge in [-0.15, -0.1) is 0 Å². The van der Waals surface area contributed by atoms with E-state index in [1.165, 1.54) is 21.9 Å². The summed E-state index contributed by atoms with van der Waals surface area (Å²) in [6.07, 6.45) is 6.59. The maximum absolute atomic E-state index is 7.13. The first kappa shape index (κ1) is 21.2. The molecule has 4 rings (SSSR count). The Hall–Kier alpha value is -2.02. The number of halogens is 2. The fourth-order valence-electron chi connectivity index (χ4n) is 4.39. The molecule has 0 nitrogen and oxygen atoms in total. The quantitative estimate of drug-likeness (QED) is 0.271. The largest absolute Gasteiger partial charge is 0.0830 e. The topological polar surface area (TPSA) is 0 Å². The van der Waals surface area contributed by atoms with Crippen molar-refractivity contribution in [3.05, 3.63) is 81.8 Å². The van der Waals surface area contributed by atoms with Crippen LogP contribution in [0.4, 0.5) is 0 Å². The number of unbranched alkanes of at least 4 members (excludes halogenated alkanes) is 2. The van der Waals surface area contributed by atoms with Gasteiger partial charge < -0.3 is 0 Å². The van der Waals surface area contributed by atoms with Crippen molar-refractivity contribution in [2.45, 2.75) is 52.4 Å². The zero-order chi connectivity index (χ0) is 21.1. The van der Waals surface area contributed by atoms with Crippen LogP contribution in [-0.4, -0.2) is 0 Å². The number of aryl methyl sites for hydroxylation is 2. The Kier molecular flexibility index (Phi) is 6.66. The van der Waals surface area contributed by atoms with Crippen LogP contribution in [-0.2, 0) is 12.8 Å². The lowest BCUT2D eigenvalue weighted by atomic mass is 9.87. The highest BCUT2D eigenvalue weighted by molar-refractivity contribution is 6.42. The van der Waals surface area contributed by atoms with Crippen molar-refractivity contribution in [1.82, 2.24) is 0 Å². The summed E-state index contributed by atoms with van der Waals surface area (Å²) in [6, 6.07) is 21.5. The van der Waals surface area contributed by atoms with Gasteiger partial charge in [0.2, 0.25) is 0 Å². The van der Waals surface area contributed by atoms with Crippen LogP contribution in [0, 0.1) is 0 Å². The summed E-state index contributed by atoms with van der Waals surface area (Å²) in [5.74, 6) is 0. The molecule has 0 atom stereocenters. The van der Waals surface area contributed by atoms with Crippen LogP contribution < -0.4 is 0 Å². The van der Waals surface area contributed by atoms with Crippen molar-refractivity contribution in [1.29, 1.82) is 0 Å². The third-order valence-corrected chi connectivity index (χ3v) is 6.77. The van der Waals surface area contributed by atoms with Crippen LogP contribution in [0.3, 0.4) is 0 Å². The fourth-order valence-corrected chi connectivity index (χ4v) is 5.16. The van der Waals surface area contributed by atoms with E-state index >= 15 is 0 Å². The maximum Gasteiger partial charge on any atom is 0.0566 e. The maximum atomic E-state index is 7.13. The zero-order valence-electron chi connectivity index (χ0n) is 17.8. The number of fused-ring (bicyclic) bond motifs is 2. The van der Waals surface area contributed by atoms with Crippen molar-refractivity contribution >= 4 is 44.7 Å². The molecule has 154 valence electrons. The molecule has 0 aliphatic carbocycles. The monoisotopic (exact) mass is 434 g/mol. The Morgan fingerprint density at radius 2 is 1.00 bits per heavy atom. The van der Waals surface area contributed by atoms with E-state index in [-0.39, 0.29) is 0 Å².